The number of fused-ring (bicyclic) bond motifs is 1. The molecule has 1 aromatic carbocycles. The lowest BCUT2D eigenvalue weighted by molar-refractivity contribution is 0.953. The number of benzene rings is 1. The summed E-state index contributed by atoms with van der Waals surface area (Å²) in [4.78, 5) is 0. The highest BCUT2D eigenvalue weighted by molar-refractivity contribution is 5.93. The molecule has 0 unspecified atom stereocenters. The third kappa shape index (κ3) is 1.02. The highest BCUT2D eigenvalue weighted by Crippen LogP contribution is 2.26. The normalized spacial score (nSPS) is 10.4. The minimum Gasteiger partial charge on any atom is -0.344 e. The first-order valence-electron chi connectivity index (χ1n) is 4.62. The fourth-order valence-corrected chi connectivity index (χ4v) is 1.90. The molecule has 0 atom stereocenters. The molecule has 0 aliphatic rings. The van der Waals surface area contributed by atoms with E-state index in [4.69, 9.17) is 0 Å². The Morgan fingerprint density at radius 1 is 1.14 bits per heavy atom. The van der Waals surface area contributed by atoms with Crippen LogP contribution in [0.25, 0.3) is 23.1 Å². The first kappa shape index (κ1) is 8.82. The van der Waals surface area contributed by atoms with E-state index in [-0.39, 0.29) is 0 Å². The molecule has 0 N–H and O–H groups in total. The van der Waals surface area contributed by atoms with Crippen LogP contribution in [0.4, 0.5) is 0 Å². The molecule has 1 heteroatoms. The van der Waals surface area contributed by atoms with Gasteiger partial charge in [0.05, 0.1) is 0 Å². The van der Waals surface area contributed by atoms with E-state index in [1.807, 2.05) is 31.3 Å². The zero-order chi connectivity index (χ0) is 10.1. The number of para-hydroxylation sites is 1. The van der Waals surface area contributed by atoms with Gasteiger partial charge in [-0.15, -0.1) is 0 Å². The Morgan fingerprint density at radius 2 is 1.86 bits per heavy atom. The Morgan fingerprint density at radius 3 is 2.50 bits per heavy atom. The van der Waals surface area contributed by atoms with E-state index in [9.17, 15) is 0 Å². The summed E-state index contributed by atoms with van der Waals surface area (Å²) in [5, 5.41) is 1.24. The third-order valence-electron chi connectivity index (χ3n) is 2.59. The zero-order valence-corrected chi connectivity index (χ0v) is 8.33. The molecule has 0 fully saturated rings. The lowest BCUT2D eigenvalue weighted by Crippen LogP contribution is -1.89. The van der Waals surface area contributed by atoms with Crippen molar-refractivity contribution in [3.05, 3.63) is 48.7 Å². The molecule has 0 aliphatic heterocycles. The van der Waals surface area contributed by atoms with Crippen LogP contribution in [0.3, 0.4) is 0 Å². The average molecular weight is 183 g/mol. The van der Waals surface area contributed by atoms with Crippen LogP contribution in [0.1, 0.15) is 11.3 Å². The van der Waals surface area contributed by atoms with Crippen molar-refractivity contribution in [3.63, 3.8) is 0 Å². The van der Waals surface area contributed by atoms with Crippen LogP contribution >= 0.6 is 0 Å². The summed E-state index contributed by atoms with van der Waals surface area (Å²) < 4.78 is 2.14. The molecule has 2 aromatic rings. The summed E-state index contributed by atoms with van der Waals surface area (Å²) in [6.45, 7) is 7.67. The molecule has 1 aromatic heterocycles. The number of nitrogens with zero attached hydrogens (tertiary/aromatic N) is 1. The molecule has 1 heterocycles. The molecule has 1 nitrogen and oxygen atoms in total. The second kappa shape index (κ2) is 3.18. The molecule has 0 spiro atoms. The molecule has 0 saturated heterocycles. The van der Waals surface area contributed by atoms with Gasteiger partial charge in [0.25, 0.3) is 0 Å². The van der Waals surface area contributed by atoms with Crippen LogP contribution in [-0.2, 0) is 7.05 Å². The molecule has 0 aliphatic carbocycles. The van der Waals surface area contributed by atoms with Crippen molar-refractivity contribution in [2.45, 2.75) is 0 Å². The summed E-state index contributed by atoms with van der Waals surface area (Å²) in [6.07, 6.45) is 3.76. The third-order valence-corrected chi connectivity index (χ3v) is 2.59. The topological polar surface area (TPSA) is 4.93 Å². The monoisotopic (exact) mass is 183 g/mol. The maximum Gasteiger partial charge on any atom is 0.0488 e. The standard InChI is InChI=1S/C13H13N/c1-4-10-11-8-6-7-9-13(11)14(3)12(10)5-2/h4-9H,1-2H2,3H3. The van der Waals surface area contributed by atoms with Gasteiger partial charge in [-0.2, -0.15) is 0 Å². The first-order chi connectivity index (χ1) is 6.79. The van der Waals surface area contributed by atoms with Gasteiger partial charge in [-0.3, -0.25) is 0 Å². The fourth-order valence-electron chi connectivity index (χ4n) is 1.90. The number of hydrogen-bond acceptors (Lipinski definition) is 0. The van der Waals surface area contributed by atoms with E-state index in [1.54, 1.807) is 0 Å². The van der Waals surface area contributed by atoms with Crippen molar-refractivity contribution in [3.8, 4) is 0 Å². The minimum absolute atomic E-state index is 1.13. The van der Waals surface area contributed by atoms with Gasteiger partial charge in [-0.1, -0.05) is 37.4 Å². The number of aromatic nitrogens is 1. The first-order valence-corrected chi connectivity index (χ1v) is 4.62. The molecular formula is C13H13N. The molecule has 0 bridgehead atoms. The molecular weight excluding hydrogens is 170 g/mol. The maximum absolute atomic E-state index is 3.84. The van der Waals surface area contributed by atoms with Crippen molar-refractivity contribution in [2.24, 2.45) is 7.05 Å². The Balaban J connectivity index is 2.98. The Hall–Kier alpha value is -1.76. The molecule has 2 rings (SSSR count). The smallest absolute Gasteiger partial charge is 0.0488 e. The zero-order valence-electron chi connectivity index (χ0n) is 8.33. The lowest BCUT2D eigenvalue weighted by atomic mass is 10.1. The second-order valence-corrected chi connectivity index (χ2v) is 3.28. The lowest BCUT2D eigenvalue weighted by Gasteiger charge is -1.98. The van der Waals surface area contributed by atoms with Gasteiger partial charge in [-0.25, -0.2) is 0 Å². The van der Waals surface area contributed by atoms with Gasteiger partial charge in [0.1, 0.15) is 0 Å². The van der Waals surface area contributed by atoms with Gasteiger partial charge in [0, 0.05) is 29.2 Å². The number of aryl methyl sites for hydroxylation is 1. The minimum atomic E-state index is 1.13. The van der Waals surface area contributed by atoms with E-state index < -0.39 is 0 Å². The largest absolute Gasteiger partial charge is 0.344 e. The summed E-state index contributed by atoms with van der Waals surface area (Å²) in [5.74, 6) is 0. The Kier molecular flexibility index (Phi) is 2.01. The summed E-state index contributed by atoms with van der Waals surface area (Å²) >= 11 is 0. The Bertz CT molecular complexity index is 503. The van der Waals surface area contributed by atoms with E-state index in [2.05, 4.69) is 29.9 Å². The second-order valence-electron chi connectivity index (χ2n) is 3.28. The summed E-state index contributed by atoms with van der Waals surface area (Å²) in [6, 6.07) is 8.30. The van der Waals surface area contributed by atoms with Crippen molar-refractivity contribution < 1.29 is 0 Å². The van der Waals surface area contributed by atoms with Crippen molar-refractivity contribution in [1.29, 1.82) is 0 Å². The Labute approximate surface area is 84.0 Å². The molecule has 70 valence electrons. The van der Waals surface area contributed by atoms with Gasteiger partial charge < -0.3 is 4.57 Å². The van der Waals surface area contributed by atoms with Gasteiger partial charge in [-0.05, 0) is 12.1 Å². The van der Waals surface area contributed by atoms with Crippen LogP contribution in [0.5, 0.6) is 0 Å². The van der Waals surface area contributed by atoms with Gasteiger partial charge in [0.2, 0.25) is 0 Å². The number of hydrogen-bond donors (Lipinski definition) is 0. The molecule has 14 heavy (non-hydrogen) atoms. The van der Waals surface area contributed by atoms with E-state index in [1.165, 1.54) is 10.9 Å². The van der Waals surface area contributed by atoms with Crippen molar-refractivity contribution >= 4 is 23.1 Å². The van der Waals surface area contributed by atoms with Gasteiger partial charge in [0.15, 0.2) is 0 Å². The number of rotatable bonds is 2. The fraction of sp³-hybridized carbons (Fsp3) is 0.0769. The van der Waals surface area contributed by atoms with Crippen LogP contribution in [-0.4, -0.2) is 4.57 Å². The molecule has 0 radical (unpaired) electrons. The van der Waals surface area contributed by atoms with Crippen LogP contribution in [0.15, 0.2) is 37.4 Å². The summed E-state index contributed by atoms with van der Waals surface area (Å²) in [5.41, 5.74) is 3.51. The predicted molar refractivity (Wildman–Crippen MR) is 63.1 cm³/mol. The molecule has 0 amide bonds. The van der Waals surface area contributed by atoms with Crippen molar-refractivity contribution in [2.75, 3.05) is 0 Å². The van der Waals surface area contributed by atoms with E-state index in [0.717, 1.165) is 11.3 Å². The predicted octanol–water partition coefficient (Wildman–Crippen LogP) is 3.46. The van der Waals surface area contributed by atoms with Crippen molar-refractivity contribution in [1.82, 2.24) is 4.57 Å². The van der Waals surface area contributed by atoms with Crippen LogP contribution < -0.4 is 0 Å². The van der Waals surface area contributed by atoms with Crippen LogP contribution in [0, 0.1) is 0 Å². The average Bonchev–Trinajstić information content (AvgIpc) is 2.51. The van der Waals surface area contributed by atoms with E-state index >= 15 is 0 Å². The quantitative estimate of drug-likeness (QED) is 0.672. The highest BCUT2D eigenvalue weighted by Gasteiger charge is 2.08. The van der Waals surface area contributed by atoms with Crippen LogP contribution in [0.2, 0.25) is 0 Å². The maximum atomic E-state index is 3.84. The SMILES string of the molecule is C=Cc1c(C=C)n(C)c2ccccc12. The highest BCUT2D eigenvalue weighted by atomic mass is 14.9. The van der Waals surface area contributed by atoms with E-state index in [0.29, 0.717) is 0 Å². The van der Waals surface area contributed by atoms with Gasteiger partial charge >= 0.3 is 0 Å². The molecule has 0 saturated carbocycles. The summed E-state index contributed by atoms with van der Waals surface area (Å²) in [7, 11) is 2.05.